The fourth-order valence-corrected chi connectivity index (χ4v) is 2.65. The first kappa shape index (κ1) is 26.1. The van der Waals surface area contributed by atoms with E-state index in [2.05, 4.69) is 23.8 Å². The van der Waals surface area contributed by atoms with Crippen molar-refractivity contribution in [2.24, 2.45) is 0 Å². The predicted molar refractivity (Wildman–Crippen MR) is 134 cm³/mol. The van der Waals surface area contributed by atoms with Gasteiger partial charge in [-0.2, -0.15) is 0 Å². The minimum atomic E-state index is -0.452. The Morgan fingerprint density at radius 3 is 2.18 bits per heavy atom. The summed E-state index contributed by atoms with van der Waals surface area (Å²) < 4.78 is 10.5. The van der Waals surface area contributed by atoms with Crippen LogP contribution in [0.2, 0.25) is 0 Å². The number of rotatable bonds is 13. The molecule has 0 heterocycles. The number of hydrogen-bond acceptors (Lipinski definition) is 6. The zero-order valence-electron chi connectivity index (χ0n) is 19.6. The number of carbonyl (C=O) groups is 3. The van der Waals surface area contributed by atoms with Crippen LogP contribution in [-0.4, -0.2) is 44.0 Å². The van der Waals surface area contributed by atoms with Gasteiger partial charge in [0.2, 0.25) is 5.91 Å². The van der Waals surface area contributed by atoms with Crippen LogP contribution < -0.4 is 15.4 Å². The fourth-order valence-electron chi connectivity index (χ4n) is 2.65. The van der Waals surface area contributed by atoms with Crippen molar-refractivity contribution in [3.63, 3.8) is 0 Å². The van der Waals surface area contributed by atoms with Crippen molar-refractivity contribution in [3.05, 3.63) is 90.0 Å². The highest BCUT2D eigenvalue weighted by Crippen LogP contribution is 2.15. The lowest BCUT2D eigenvalue weighted by Crippen LogP contribution is -2.28. The average molecular weight is 463 g/mol. The SMILES string of the molecule is C=C(C)C(=O)NCCNc1ccc(/C=C/C(=O)c2ccc(OCCOC(=O)C(=C)C)cc2)cc1. The highest BCUT2D eigenvalue weighted by Gasteiger charge is 2.05. The summed E-state index contributed by atoms with van der Waals surface area (Å²) in [6.45, 7) is 11.8. The topological polar surface area (TPSA) is 93.7 Å². The molecule has 2 aromatic rings. The third-order valence-electron chi connectivity index (χ3n) is 4.54. The quantitative estimate of drug-likeness (QED) is 0.201. The molecule has 2 N–H and O–H groups in total. The second-order valence-electron chi connectivity index (χ2n) is 7.57. The molecule has 0 saturated carbocycles. The minimum Gasteiger partial charge on any atom is -0.490 e. The maximum Gasteiger partial charge on any atom is 0.333 e. The van der Waals surface area contributed by atoms with Gasteiger partial charge in [-0.05, 0) is 61.9 Å². The van der Waals surface area contributed by atoms with Gasteiger partial charge in [0.25, 0.3) is 0 Å². The molecule has 0 saturated heterocycles. The second-order valence-corrected chi connectivity index (χ2v) is 7.57. The van der Waals surface area contributed by atoms with E-state index in [1.165, 1.54) is 6.08 Å². The number of hydrogen-bond donors (Lipinski definition) is 2. The van der Waals surface area contributed by atoms with Crippen LogP contribution in [0.3, 0.4) is 0 Å². The Balaban J connectivity index is 1.77. The van der Waals surface area contributed by atoms with Crippen LogP contribution in [0.5, 0.6) is 5.75 Å². The molecule has 2 aromatic carbocycles. The molecule has 2 rings (SSSR count). The van der Waals surface area contributed by atoms with Gasteiger partial charge in [-0.15, -0.1) is 0 Å². The summed E-state index contributed by atoms with van der Waals surface area (Å²) in [7, 11) is 0. The molecule has 34 heavy (non-hydrogen) atoms. The van der Waals surface area contributed by atoms with Crippen LogP contribution in [0.25, 0.3) is 6.08 Å². The van der Waals surface area contributed by atoms with E-state index in [9.17, 15) is 14.4 Å². The summed E-state index contributed by atoms with van der Waals surface area (Å²) in [6.07, 6.45) is 3.27. The Morgan fingerprint density at radius 1 is 0.882 bits per heavy atom. The van der Waals surface area contributed by atoms with E-state index in [1.54, 1.807) is 44.2 Å². The Labute approximate surface area is 200 Å². The summed E-state index contributed by atoms with van der Waals surface area (Å²) >= 11 is 0. The van der Waals surface area contributed by atoms with Crippen LogP contribution in [0.4, 0.5) is 5.69 Å². The van der Waals surface area contributed by atoms with Crippen molar-refractivity contribution in [2.45, 2.75) is 13.8 Å². The first-order valence-electron chi connectivity index (χ1n) is 10.8. The molecular formula is C27H30N2O5. The van der Waals surface area contributed by atoms with Gasteiger partial charge in [0.1, 0.15) is 19.0 Å². The lowest BCUT2D eigenvalue weighted by molar-refractivity contribution is -0.139. The number of anilines is 1. The molecule has 178 valence electrons. The van der Waals surface area contributed by atoms with E-state index in [-0.39, 0.29) is 24.9 Å². The van der Waals surface area contributed by atoms with Gasteiger partial charge in [0.15, 0.2) is 5.78 Å². The highest BCUT2D eigenvalue weighted by molar-refractivity contribution is 6.06. The maximum absolute atomic E-state index is 12.4. The first-order valence-corrected chi connectivity index (χ1v) is 10.8. The van der Waals surface area contributed by atoms with Crippen LogP contribution in [-0.2, 0) is 14.3 Å². The number of allylic oxidation sites excluding steroid dienone is 1. The molecule has 0 aliphatic rings. The van der Waals surface area contributed by atoms with Crippen LogP contribution in [0, 0.1) is 0 Å². The summed E-state index contributed by atoms with van der Waals surface area (Å²) in [5, 5.41) is 5.97. The zero-order valence-corrected chi connectivity index (χ0v) is 19.6. The van der Waals surface area contributed by atoms with Gasteiger partial charge in [0, 0.05) is 35.5 Å². The first-order chi connectivity index (χ1) is 16.3. The number of ketones is 1. The Hall–Kier alpha value is -4.13. The number of amides is 1. The number of carbonyl (C=O) groups excluding carboxylic acids is 3. The largest absolute Gasteiger partial charge is 0.490 e. The molecule has 7 nitrogen and oxygen atoms in total. The Bertz CT molecular complexity index is 1050. The summed E-state index contributed by atoms with van der Waals surface area (Å²) in [5.41, 5.74) is 3.16. The predicted octanol–water partition coefficient (Wildman–Crippen LogP) is 4.19. The Kier molecular flexibility index (Phi) is 10.3. The molecule has 0 spiro atoms. The fraction of sp³-hybridized carbons (Fsp3) is 0.222. The maximum atomic E-state index is 12.4. The van der Waals surface area contributed by atoms with Gasteiger partial charge in [-0.3, -0.25) is 9.59 Å². The van der Waals surface area contributed by atoms with E-state index in [1.807, 2.05) is 24.3 Å². The zero-order chi connectivity index (χ0) is 24.9. The molecule has 0 atom stereocenters. The molecule has 0 aliphatic heterocycles. The second kappa shape index (κ2) is 13.4. The molecule has 0 aromatic heterocycles. The average Bonchev–Trinajstić information content (AvgIpc) is 2.83. The Morgan fingerprint density at radius 2 is 1.56 bits per heavy atom. The van der Waals surface area contributed by atoms with Gasteiger partial charge in [-0.25, -0.2) is 4.79 Å². The summed E-state index contributed by atoms with van der Waals surface area (Å²) in [4.78, 5) is 35.2. The van der Waals surface area contributed by atoms with E-state index >= 15 is 0 Å². The van der Waals surface area contributed by atoms with Crippen molar-refractivity contribution < 1.29 is 23.9 Å². The lowest BCUT2D eigenvalue weighted by Gasteiger charge is -2.08. The third kappa shape index (κ3) is 9.16. The monoisotopic (exact) mass is 462 g/mol. The number of esters is 1. The smallest absolute Gasteiger partial charge is 0.333 e. The molecule has 0 unspecified atom stereocenters. The van der Waals surface area contributed by atoms with Gasteiger partial charge < -0.3 is 20.1 Å². The number of ether oxygens (including phenoxy) is 2. The van der Waals surface area contributed by atoms with E-state index in [0.29, 0.717) is 35.5 Å². The van der Waals surface area contributed by atoms with Gasteiger partial charge in [0.05, 0.1) is 0 Å². The van der Waals surface area contributed by atoms with Crippen LogP contribution in [0.1, 0.15) is 29.8 Å². The van der Waals surface area contributed by atoms with E-state index < -0.39 is 5.97 Å². The minimum absolute atomic E-state index is 0.120. The normalized spacial score (nSPS) is 10.4. The number of benzene rings is 2. The van der Waals surface area contributed by atoms with E-state index in [0.717, 1.165) is 11.3 Å². The molecule has 7 heteroatoms. The van der Waals surface area contributed by atoms with Crippen LogP contribution in [0.15, 0.2) is 78.9 Å². The summed E-state index contributed by atoms with van der Waals surface area (Å²) in [6, 6.07) is 14.4. The third-order valence-corrected chi connectivity index (χ3v) is 4.54. The van der Waals surface area contributed by atoms with Crippen LogP contribution >= 0.6 is 0 Å². The van der Waals surface area contributed by atoms with Gasteiger partial charge in [-0.1, -0.05) is 31.4 Å². The molecule has 1 amide bonds. The van der Waals surface area contributed by atoms with Crippen molar-refractivity contribution in [1.82, 2.24) is 5.32 Å². The molecule has 0 fully saturated rings. The van der Waals surface area contributed by atoms with E-state index in [4.69, 9.17) is 9.47 Å². The highest BCUT2D eigenvalue weighted by atomic mass is 16.6. The summed E-state index contributed by atoms with van der Waals surface area (Å²) in [5.74, 6) is -0.158. The van der Waals surface area contributed by atoms with Crippen molar-refractivity contribution in [2.75, 3.05) is 31.6 Å². The lowest BCUT2D eigenvalue weighted by atomic mass is 10.1. The van der Waals surface area contributed by atoms with Gasteiger partial charge >= 0.3 is 5.97 Å². The molecule has 0 aliphatic carbocycles. The molecular weight excluding hydrogens is 432 g/mol. The van der Waals surface area contributed by atoms with Crippen molar-refractivity contribution in [3.8, 4) is 5.75 Å². The van der Waals surface area contributed by atoms with Crippen molar-refractivity contribution in [1.29, 1.82) is 0 Å². The molecule has 0 bridgehead atoms. The van der Waals surface area contributed by atoms with Crippen molar-refractivity contribution >= 4 is 29.4 Å². The number of nitrogens with one attached hydrogen (secondary N) is 2. The standard InChI is InChI=1S/C27H30N2O5/c1-19(2)26(31)29-16-15-28-23-10-5-21(6-11-23)7-14-25(30)22-8-12-24(13-9-22)33-17-18-34-27(32)20(3)4/h5-14,28H,1,3,15-18H2,2,4H3,(H,29,31)/b14-7+. The molecule has 0 radical (unpaired) electrons.